The van der Waals surface area contributed by atoms with E-state index in [0.717, 1.165) is 5.92 Å². The SMILES string of the molecule is CNC(c1csc(C)c1)C1CCCCCCC1. The molecule has 0 amide bonds. The summed E-state index contributed by atoms with van der Waals surface area (Å²) >= 11 is 1.88. The maximum atomic E-state index is 3.56. The van der Waals surface area contributed by atoms with E-state index in [0.29, 0.717) is 6.04 Å². The Bertz CT molecular complexity index is 323. The van der Waals surface area contributed by atoms with Crippen LogP contribution >= 0.6 is 11.3 Å². The van der Waals surface area contributed by atoms with Crippen LogP contribution in [0, 0.1) is 12.8 Å². The summed E-state index contributed by atoms with van der Waals surface area (Å²) in [7, 11) is 2.12. The topological polar surface area (TPSA) is 12.0 Å². The summed E-state index contributed by atoms with van der Waals surface area (Å²) in [5, 5.41) is 5.90. The number of hydrogen-bond donors (Lipinski definition) is 1. The first-order chi connectivity index (χ1) is 8.31. The van der Waals surface area contributed by atoms with Crippen LogP contribution in [0.4, 0.5) is 0 Å². The van der Waals surface area contributed by atoms with Crippen LogP contribution in [0.15, 0.2) is 11.4 Å². The van der Waals surface area contributed by atoms with Crippen molar-refractivity contribution in [1.82, 2.24) is 5.32 Å². The highest BCUT2D eigenvalue weighted by Gasteiger charge is 2.22. The molecule has 0 saturated heterocycles. The molecule has 1 aliphatic carbocycles. The van der Waals surface area contributed by atoms with Crippen molar-refractivity contribution in [1.29, 1.82) is 0 Å². The highest BCUT2D eigenvalue weighted by molar-refractivity contribution is 7.10. The van der Waals surface area contributed by atoms with Crippen molar-refractivity contribution in [2.45, 2.75) is 57.9 Å². The molecule has 1 nitrogen and oxygen atoms in total. The van der Waals surface area contributed by atoms with Gasteiger partial charge in [-0.25, -0.2) is 0 Å². The van der Waals surface area contributed by atoms with Gasteiger partial charge < -0.3 is 5.32 Å². The van der Waals surface area contributed by atoms with E-state index in [2.05, 4.69) is 30.7 Å². The van der Waals surface area contributed by atoms with E-state index in [1.807, 2.05) is 11.3 Å². The molecular weight excluding hydrogens is 226 g/mol. The molecule has 17 heavy (non-hydrogen) atoms. The molecule has 1 aromatic rings. The van der Waals surface area contributed by atoms with E-state index in [9.17, 15) is 0 Å². The molecule has 1 heterocycles. The van der Waals surface area contributed by atoms with Gasteiger partial charge in [0.2, 0.25) is 0 Å². The summed E-state index contributed by atoms with van der Waals surface area (Å²) in [5.74, 6) is 0.842. The molecule has 1 saturated carbocycles. The van der Waals surface area contributed by atoms with Gasteiger partial charge in [0.25, 0.3) is 0 Å². The zero-order chi connectivity index (χ0) is 12.1. The predicted molar refractivity (Wildman–Crippen MR) is 76.7 cm³/mol. The fourth-order valence-corrected chi connectivity index (χ4v) is 3.86. The highest BCUT2D eigenvalue weighted by atomic mass is 32.1. The summed E-state index contributed by atoms with van der Waals surface area (Å²) in [6.45, 7) is 2.21. The molecule has 0 aromatic carbocycles. The van der Waals surface area contributed by atoms with E-state index < -0.39 is 0 Å². The highest BCUT2D eigenvalue weighted by Crippen LogP contribution is 2.34. The average molecular weight is 251 g/mol. The predicted octanol–water partition coefficient (Wildman–Crippen LogP) is 4.68. The Balaban J connectivity index is 2.05. The minimum atomic E-state index is 0.582. The Kier molecular flexibility index (Phi) is 5.05. The van der Waals surface area contributed by atoms with Crippen LogP contribution in [-0.4, -0.2) is 7.05 Å². The molecular formula is C15H25NS. The second-order valence-electron chi connectivity index (χ2n) is 5.36. The Labute approximate surface area is 110 Å². The Hall–Kier alpha value is -0.340. The largest absolute Gasteiger partial charge is 0.313 e. The van der Waals surface area contributed by atoms with E-state index in [1.54, 1.807) is 0 Å². The third-order valence-electron chi connectivity index (χ3n) is 4.04. The van der Waals surface area contributed by atoms with Gasteiger partial charge in [0.15, 0.2) is 0 Å². The molecule has 0 radical (unpaired) electrons. The van der Waals surface area contributed by atoms with Crippen LogP contribution in [-0.2, 0) is 0 Å². The third-order valence-corrected chi connectivity index (χ3v) is 4.92. The molecule has 0 spiro atoms. The van der Waals surface area contributed by atoms with Gasteiger partial charge in [-0.15, -0.1) is 11.3 Å². The third kappa shape index (κ3) is 3.56. The van der Waals surface area contributed by atoms with Crippen LogP contribution in [0.1, 0.15) is 61.4 Å². The van der Waals surface area contributed by atoms with Crippen LogP contribution < -0.4 is 5.32 Å². The van der Waals surface area contributed by atoms with Crippen LogP contribution in [0.3, 0.4) is 0 Å². The molecule has 1 N–H and O–H groups in total. The van der Waals surface area contributed by atoms with Crippen LogP contribution in [0.5, 0.6) is 0 Å². The Morgan fingerprint density at radius 1 is 1.18 bits per heavy atom. The summed E-state index contributed by atoms with van der Waals surface area (Å²) < 4.78 is 0. The van der Waals surface area contributed by atoms with Gasteiger partial charge in [-0.05, 0) is 49.7 Å². The summed E-state index contributed by atoms with van der Waals surface area (Å²) in [6.07, 6.45) is 9.98. The number of aryl methyl sites for hydroxylation is 1. The number of thiophene rings is 1. The minimum Gasteiger partial charge on any atom is -0.313 e. The molecule has 2 heteroatoms. The first kappa shape index (κ1) is 13.1. The molecule has 1 atom stereocenters. The van der Waals surface area contributed by atoms with Gasteiger partial charge in [0.05, 0.1) is 0 Å². The Morgan fingerprint density at radius 3 is 2.35 bits per heavy atom. The summed E-state index contributed by atoms with van der Waals surface area (Å²) in [5.41, 5.74) is 1.51. The van der Waals surface area contributed by atoms with Crippen molar-refractivity contribution in [3.05, 3.63) is 21.9 Å². The van der Waals surface area contributed by atoms with E-state index in [-0.39, 0.29) is 0 Å². The van der Waals surface area contributed by atoms with Crippen molar-refractivity contribution in [2.75, 3.05) is 7.05 Å². The van der Waals surface area contributed by atoms with Gasteiger partial charge in [0, 0.05) is 10.9 Å². The quantitative estimate of drug-likeness (QED) is 0.822. The van der Waals surface area contributed by atoms with Gasteiger partial charge >= 0.3 is 0 Å². The normalized spacial score (nSPS) is 20.8. The maximum absolute atomic E-state index is 3.56. The van der Waals surface area contributed by atoms with Crippen molar-refractivity contribution < 1.29 is 0 Å². The molecule has 1 unspecified atom stereocenters. The molecule has 0 bridgehead atoms. The molecule has 1 aliphatic rings. The van der Waals surface area contributed by atoms with E-state index in [4.69, 9.17) is 0 Å². The van der Waals surface area contributed by atoms with E-state index >= 15 is 0 Å². The van der Waals surface area contributed by atoms with Crippen molar-refractivity contribution in [3.63, 3.8) is 0 Å². The number of nitrogens with one attached hydrogen (secondary N) is 1. The second-order valence-corrected chi connectivity index (χ2v) is 6.48. The zero-order valence-corrected chi connectivity index (χ0v) is 12.0. The monoisotopic (exact) mass is 251 g/mol. The molecule has 1 fully saturated rings. The van der Waals surface area contributed by atoms with E-state index in [1.165, 1.54) is 55.4 Å². The number of hydrogen-bond acceptors (Lipinski definition) is 2. The zero-order valence-electron chi connectivity index (χ0n) is 11.2. The first-order valence-corrected chi connectivity index (χ1v) is 7.91. The van der Waals surface area contributed by atoms with Gasteiger partial charge in [-0.1, -0.05) is 32.1 Å². The van der Waals surface area contributed by atoms with Gasteiger partial charge in [-0.2, -0.15) is 0 Å². The second kappa shape index (κ2) is 6.55. The molecule has 2 rings (SSSR count). The molecule has 1 aromatic heterocycles. The van der Waals surface area contributed by atoms with Crippen molar-refractivity contribution in [3.8, 4) is 0 Å². The van der Waals surface area contributed by atoms with Gasteiger partial charge in [0.1, 0.15) is 0 Å². The maximum Gasteiger partial charge on any atom is 0.0354 e. The van der Waals surface area contributed by atoms with Crippen LogP contribution in [0.2, 0.25) is 0 Å². The standard InChI is InChI=1S/C15H25NS/c1-12-10-14(11-17-12)15(16-2)13-8-6-4-3-5-7-9-13/h10-11,13,15-16H,3-9H2,1-2H3. The average Bonchev–Trinajstić information content (AvgIpc) is 2.68. The lowest BCUT2D eigenvalue weighted by Gasteiger charge is -2.28. The fourth-order valence-electron chi connectivity index (χ4n) is 3.12. The smallest absolute Gasteiger partial charge is 0.0354 e. The Morgan fingerprint density at radius 2 is 1.82 bits per heavy atom. The molecule has 96 valence electrons. The van der Waals surface area contributed by atoms with Crippen molar-refractivity contribution in [2.24, 2.45) is 5.92 Å². The lowest BCUT2D eigenvalue weighted by molar-refractivity contribution is 0.300. The van der Waals surface area contributed by atoms with Gasteiger partial charge in [-0.3, -0.25) is 0 Å². The number of rotatable bonds is 3. The fraction of sp³-hybridized carbons (Fsp3) is 0.733. The lowest BCUT2D eigenvalue weighted by Crippen LogP contribution is -2.25. The van der Waals surface area contributed by atoms with Crippen LogP contribution in [0.25, 0.3) is 0 Å². The molecule has 0 aliphatic heterocycles. The summed E-state index contributed by atoms with van der Waals surface area (Å²) in [6, 6.07) is 2.95. The lowest BCUT2D eigenvalue weighted by atomic mass is 9.83. The van der Waals surface area contributed by atoms with Crippen molar-refractivity contribution >= 4 is 11.3 Å². The minimum absolute atomic E-state index is 0.582. The first-order valence-electron chi connectivity index (χ1n) is 7.03. The summed E-state index contributed by atoms with van der Waals surface area (Å²) in [4.78, 5) is 1.44.